The number of anilines is 2. The van der Waals surface area contributed by atoms with Gasteiger partial charge in [-0.2, -0.15) is 4.98 Å². The number of hydrogen-bond donors (Lipinski definition) is 2. The monoisotopic (exact) mass is 467 g/mol. The number of methoxy groups -OCH3 is 1. The van der Waals surface area contributed by atoms with Crippen molar-refractivity contribution in [2.24, 2.45) is 0 Å². The summed E-state index contributed by atoms with van der Waals surface area (Å²) < 4.78 is 5.22. The lowest BCUT2D eigenvalue weighted by Crippen LogP contribution is -2.30. The molecule has 2 aromatic heterocycles. The van der Waals surface area contributed by atoms with E-state index in [1.165, 1.54) is 0 Å². The largest absolute Gasteiger partial charge is 0.495 e. The average molecular weight is 468 g/mol. The average Bonchev–Trinajstić information content (AvgIpc) is 3.27. The second-order valence-electron chi connectivity index (χ2n) is 7.79. The minimum absolute atomic E-state index is 0.206. The van der Waals surface area contributed by atoms with Crippen LogP contribution >= 0.6 is 11.6 Å². The highest BCUT2D eigenvalue weighted by atomic mass is 35.5. The molecule has 2 N–H and O–H groups in total. The molecular formula is C23H26ClN7O2. The van der Waals surface area contributed by atoms with Crippen molar-refractivity contribution < 1.29 is 9.53 Å². The molecule has 1 fully saturated rings. The van der Waals surface area contributed by atoms with Gasteiger partial charge in [0, 0.05) is 37.7 Å². The Labute approximate surface area is 197 Å². The topological polar surface area (TPSA) is 105 Å². The third-order valence-electron chi connectivity index (χ3n) is 5.53. The molecule has 1 amide bonds. The number of aromatic nitrogens is 4. The summed E-state index contributed by atoms with van der Waals surface area (Å²) in [6, 6.07) is 7.63. The van der Waals surface area contributed by atoms with Crippen LogP contribution < -0.4 is 20.3 Å². The first-order valence-electron chi connectivity index (χ1n) is 10.8. The molecule has 3 heterocycles. The minimum Gasteiger partial charge on any atom is -0.495 e. The zero-order valence-corrected chi connectivity index (χ0v) is 19.3. The van der Waals surface area contributed by atoms with Crippen molar-refractivity contribution in [3.8, 4) is 5.75 Å². The van der Waals surface area contributed by atoms with E-state index in [9.17, 15) is 4.79 Å². The Bertz CT molecular complexity index is 1110. The predicted molar refractivity (Wildman–Crippen MR) is 127 cm³/mol. The summed E-state index contributed by atoms with van der Waals surface area (Å²) >= 11 is 6.26. The van der Waals surface area contributed by atoms with E-state index in [0.717, 1.165) is 24.9 Å². The van der Waals surface area contributed by atoms with Crippen LogP contribution in [0.25, 0.3) is 0 Å². The molecule has 1 atom stereocenters. The van der Waals surface area contributed by atoms with Crippen molar-refractivity contribution in [1.82, 2.24) is 25.3 Å². The molecule has 0 radical (unpaired) electrons. The molecule has 0 saturated carbocycles. The Hall–Kier alpha value is -3.46. The quantitative estimate of drug-likeness (QED) is 0.519. The summed E-state index contributed by atoms with van der Waals surface area (Å²) in [5.41, 5.74) is 1.28. The molecule has 1 aromatic carbocycles. The van der Waals surface area contributed by atoms with Crippen molar-refractivity contribution in [2.75, 3.05) is 23.9 Å². The molecule has 1 aliphatic rings. The predicted octanol–water partition coefficient (Wildman–Crippen LogP) is 3.46. The zero-order valence-electron chi connectivity index (χ0n) is 18.6. The van der Waals surface area contributed by atoms with E-state index in [-0.39, 0.29) is 12.5 Å². The van der Waals surface area contributed by atoms with Gasteiger partial charge in [-0.05, 0) is 43.5 Å². The van der Waals surface area contributed by atoms with Crippen LogP contribution in [-0.4, -0.2) is 45.5 Å². The van der Waals surface area contributed by atoms with Gasteiger partial charge >= 0.3 is 0 Å². The summed E-state index contributed by atoms with van der Waals surface area (Å²) in [6.45, 7) is 3.69. The standard InChI is InChI=1S/C23H26ClN7O2/c1-15-5-3-10-31(15)23-29-13-17(22(32)28-14-20-25-8-4-9-26-20)21(30-23)27-12-16-6-7-19(33-2)18(24)11-16/h4,6-9,11,13,15H,3,5,10,12,14H2,1-2H3,(H,28,32)(H,27,29,30). The third-order valence-corrected chi connectivity index (χ3v) is 5.83. The second kappa shape index (κ2) is 10.4. The van der Waals surface area contributed by atoms with Gasteiger partial charge in [0.2, 0.25) is 5.95 Å². The van der Waals surface area contributed by atoms with Gasteiger partial charge in [0.1, 0.15) is 23.0 Å². The number of carbonyl (C=O) groups excluding carboxylic acids is 1. The first-order chi connectivity index (χ1) is 16.0. The molecule has 4 rings (SSSR count). The number of nitrogens with one attached hydrogen (secondary N) is 2. The summed E-state index contributed by atoms with van der Waals surface area (Å²) in [5.74, 6) is 1.89. The maximum atomic E-state index is 12.9. The van der Waals surface area contributed by atoms with Crippen LogP contribution in [0, 0.1) is 0 Å². The number of carbonyl (C=O) groups is 1. The lowest BCUT2D eigenvalue weighted by atomic mass is 10.2. The van der Waals surface area contributed by atoms with E-state index in [0.29, 0.717) is 46.5 Å². The van der Waals surface area contributed by atoms with E-state index in [4.69, 9.17) is 21.3 Å². The lowest BCUT2D eigenvalue weighted by Gasteiger charge is -2.22. The maximum absolute atomic E-state index is 12.9. The third kappa shape index (κ3) is 5.48. The van der Waals surface area contributed by atoms with Gasteiger partial charge in [-0.15, -0.1) is 0 Å². The van der Waals surface area contributed by atoms with E-state index in [2.05, 4.69) is 37.4 Å². The molecule has 3 aromatic rings. The first kappa shape index (κ1) is 22.7. The fourth-order valence-electron chi connectivity index (χ4n) is 3.72. The van der Waals surface area contributed by atoms with Gasteiger partial charge < -0.3 is 20.3 Å². The number of benzene rings is 1. The Morgan fingerprint density at radius 2 is 2.06 bits per heavy atom. The highest BCUT2D eigenvalue weighted by Crippen LogP contribution is 2.27. The number of hydrogen-bond acceptors (Lipinski definition) is 8. The van der Waals surface area contributed by atoms with Crippen LogP contribution in [0.1, 0.15) is 41.5 Å². The number of halogens is 1. The van der Waals surface area contributed by atoms with E-state index >= 15 is 0 Å². The minimum atomic E-state index is -0.307. The number of nitrogens with zero attached hydrogens (tertiary/aromatic N) is 5. The van der Waals surface area contributed by atoms with Crippen LogP contribution in [-0.2, 0) is 13.1 Å². The molecule has 1 aliphatic heterocycles. The summed E-state index contributed by atoms with van der Waals surface area (Å²) in [7, 11) is 1.58. The van der Waals surface area contributed by atoms with Crippen molar-refractivity contribution in [1.29, 1.82) is 0 Å². The molecule has 33 heavy (non-hydrogen) atoms. The summed E-state index contributed by atoms with van der Waals surface area (Å²) in [6.07, 6.45) is 7.03. The van der Waals surface area contributed by atoms with Gasteiger partial charge in [-0.3, -0.25) is 4.79 Å². The molecule has 10 heteroatoms. The van der Waals surface area contributed by atoms with Gasteiger partial charge in [0.25, 0.3) is 5.91 Å². The van der Waals surface area contributed by atoms with Crippen LogP contribution in [0.3, 0.4) is 0 Å². The van der Waals surface area contributed by atoms with Crippen LogP contribution in [0.5, 0.6) is 5.75 Å². The van der Waals surface area contributed by atoms with Gasteiger partial charge in [0.05, 0.1) is 18.7 Å². The fraction of sp³-hybridized carbons (Fsp3) is 0.348. The highest BCUT2D eigenvalue weighted by Gasteiger charge is 2.24. The second-order valence-corrected chi connectivity index (χ2v) is 8.19. The zero-order chi connectivity index (χ0) is 23.2. The number of rotatable bonds is 8. The molecule has 0 spiro atoms. The molecule has 1 saturated heterocycles. The van der Waals surface area contributed by atoms with Crippen molar-refractivity contribution in [2.45, 2.75) is 38.9 Å². The van der Waals surface area contributed by atoms with Gasteiger partial charge in [-0.25, -0.2) is 15.0 Å². The Balaban J connectivity index is 1.55. The van der Waals surface area contributed by atoms with Crippen molar-refractivity contribution in [3.63, 3.8) is 0 Å². The molecule has 0 bridgehead atoms. The summed E-state index contributed by atoms with van der Waals surface area (Å²) in [4.78, 5) is 32.6. The molecule has 0 aliphatic carbocycles. The number of amides is 1. The maximum Gasteiger partial charge on any atom is 0.256 e. The highest BCUT2D eigenvalue weighted by molar-refractivity contribution is 6.32. The Kier molecular flexibility index (Phi) is 7.19. The van der Waals surface area contributed by atoms with E-state index in [1.54, 1.807) is 31.8 Å². The number of ether oxygens (including phenoxy) is 1. The smallest absolute Gasteiger partial charge is 0.256 e. The van der Waals surface area contributed by atoms with Gasteiger partial charge in [0.15, 0.2) is 0 Å². The van der Waals surface area contributed by atoms with Crippen LogP contribution in [0.2, 0.25) is 5.02 Å². The van der Waals surface area contributed by atoms with E-state index in [1.807, 2.05) is 18.2 Å². The molecule has 172 valence electrons. The summed E-state index contributed by atoms with van der Waals surface area (Å²) in [5, 5.41) is 6.64. The van der Waals surface area contributed by atoms with Crippen LogP contribution in [0.4, 0.5) is 11.8 Å². The molecule has 9 nitrogen and oxygen atoms in total. The molecule has 1 unspecified atom stereocenters. The van der Waals surface area contributed by atoms with Crippen LogP contribution in [0.15, 0.2) is 42.9 Å². The fourth-order valence-corrected chi connectivity index (χ4v) is 4.00. The Morgan fingerprint density at radius 1 is 1.24 bits per heavy atom. The van der Waals surface area contributed by atoms with E-state index < -0.39 is 0 Å². The normalized spacial score (nSPS) is 15.4. The van der Waals surface area contributed by atoms with Crippen molar-refractivity contribution in [3.05, 3.63) is 64.8 Å². The molecular weight excluding hydrogens is 442 g/mol. The van der Waals surface area contributed by atoms with Crippen molar-refractivity contribution >= 4 is 29.3 Å². The van der Waals surface area contributed by atoms with Gasteiger partial charge in [-0.1, -0.05) is 17.7 Å². The lowest BCUT2D eigenvalue weighted by molar-refractivity contribution is 0.0950. The Morgan fingerprint density at radius 3 is 2.76 bits per heavy atom. The SMILES string of the molecule is COc1ccc(CNc2nc(N3CCCC3C)ncc2C(=O)NCc2ncccn2)cc1Cl. The first-order valence-corrected chi connectivity index (χ1v) is 11.2.